The van der Waals surface area contributed by atoms with Gasteiger partial charge in [-0.3, -0.25) is 9.13 Å². The fourth-order valence-corrected chi connectivity index (χ4v) is 2.19. The predicted octanol–water partition coefficient (Wildman–Crippen LogP) is 2.14. The van der Waals surface area contributed by atoms with Crippen LogP contribution in [-0.2, 0) is 6.42 Å². The summed E-state index contributed by atoms with van der Waals surface area (Å²) in [6, 6.07) is 7.99. The molecule has 0 amide bonds. The Morgan fingerprint density at radius 2 is 1.95 bits per heavy atom. The fourth-order valence-electron chi connectivity index (χ4n) is 2.19. The van der Waals surface area contributed by atoms with Gasteiger partial charge in [0, 0.05) is 25.0 Å². The van der Waals surface area contributed by atoms with Crippen LogP contribution < -0.4 is 5.69 Å². The second kappa shape index (κ2) is 5.89. The van der Waals surface area contributed by atoms with Crippen molar-refractivity contribution in [2.24, 2.45) is 0 Å². The molecule has 1 aromatic carbocycles. The van der Waals surface area contributed by atoms with Gasteiger partial charge in [-0.05, 0) is 38.3 Å². The van der Waals surface area contributed by atoms with E-state index < -0.39 is 0 Å². The van der Waals surface area contributed by atoms with Crippen LogP contribution in [0.4, 0.5) is 0 Å². The largest absolute Gasteiger partial charge is 0.396 e. The third-order valence-corrected chi connectivity index (χ3v) is 3.22. The number of rotatable bonds is 5. The highest BCUT2D eigenvalue weighted by Gasteiger charge is 2.10. The predicted molar refractivity (Wildman–Crippen MR) is 75.8 cm³/mol. The van der Waals surface area contributed by atoms with E-state index >= 15 is 0 Å². The van der Waals surface area contributed by atoms with Gasteiger partial charge in [0.25, 0.3) is 0 Å². The van der Waals surface area contributed by atoms with Crippen LogP contribution in [0.15, 0.2) is 41.5 Å². The summed E-state index contributed by atoms with van der Waals surface area (Å²) in [6.45, 7) is 4.14. The molecule has 2 rings (SSSR count). The van der Waals surface area contributed by atoms with Gasteiger partial charge in [-0.2, -0.15) is 0 Å². The zero-order valence-electron chi connectivity index (χ0n) is 11.4. The maximum atomic E-state index is 12.3. The molecule has 0 unspecified atom stereocenters. The SMILES string of the molecule is CC(C)n1ccn(-c2ccccc2CCCO)c1=O. The van der Waals surface area contributed by atoms with Crippen LogP contribution in [0.25, 0.3) is 5.69 Å². The fraction of sp³-hybridized carbons (Fsp3) is 0.400. The minimum absolute atomic E-state index is 0.0218. The number of aryl methyl sites for hydroxylation is 1. The van der Waals surface area contributed by atoms with Gasteiger partial charge in [-0.15, -0.1) is 0 Å². The highest BCUT2D eigenvalue weighted by atomic mass is 16.2. The first kappa shape index (κ1) is 13.6. The number of imidazole rings is 1. The van der Waals surface area contributed by atoms with Gasteiger partial charge < -0.3 is 5.11 Å². The summed E-state index contributed by atoms with van der Waals surface area (Å²) in [4.78, 5) is 12.3. The van der Waals surface area contributed by atoms with Gasteiger partial charge in [0.05, 0.1) is 5.69 Å². The molecule has 19 heavy (non-hydrogen) atoms. The van der Waals surface area contributed by atoms with Crippen LogP contribution in [0.3, 0.4) is 0 Å². The molecule has 2 aromatic rings. The molecule has 102 valence electrons. The number of aromatic nitrogens is 2. The Labute approximate surface area is 112 Å². The van der Waals surface area contributed by atoms with Gasteiger partial charge in [0.15, 0.2) is 0 Å². The zero-order chi connectivity index (χ0) is 13.8. The van der Waals surface area contributed by atoms with Gasteiger partial charge in [-0.25, -0.2) is 4.79 Å². The summed E-state index contributed by atoms with van der Waals surface area (Å²) >= 11 is 0. The molecule has 0 aliphatic rings. The average molecular weight is 260 g/mol. The Morgan fingerprint density at radius 1 is 1.21 bits per heavy atom. The van der Waals surface area contributed by atoms with E-state index in [0.717, 1.165) is 17.7 Å². The summed E-state index contributed by atoms with van der Waals surface area (Å²) in [5.74, 6) is 0. The Balaban J connectivity index is 2.44. The first-order valence-electron chi connectivity index (χ1n) is 6.63. The molecular weight excluding hydrogens is 240 g/mol. The molecule has 4 heteroatoms. The van der Waals surface area contributed by atoms with E-state index in [1.54, 1.807) is 15.3 Å². The molecular formula is C15H20N2O2. The van der Waals surface area contributed by atoms with Crippen LogP contribution in [0.5, 0.6) is 0 Å². The lowest BCUT2D eigenvalue weighted by molar-refractivity contribution is 0.288. The topological polar surface area (TPSA) is 47.2 Å². The normalized spacial score (nSPS) is 11.2. The van der Waals surface area contributed by atoms with Gasteiger partial charge in [0.1, 0.15) is 0 Å². The van der Waals surface area contributed by atoms with Crippen molar-refractivity contribution < 1.29 is 5.11 Å². The molecule has 0 saturated carbocycles. The number of aliphatic hydroxyl groups excluding tert-OH is 1. The van der Waals surface area contributed by atoms with Crippen molar-refractivity contribution in [1.82, 2.24) is 9.13 Å². The number of nitrogens with zero attached hydrogens (tertiary/aromatic N) is 2. The van der Waals surface area contributed by atoms with E-state index in [9.17, 15) is 4.79 Å². The Hall–Kier alpha value is -1.81. The van der Waals surface area contributed by atoms with E-state index in [2.05, 4.69) is 0 Å². The summed E-state index contributed by atoms with van der Waals surface area (Å²) in [6.07, 6.45) is 5.10. The minimum atomic E-state index is -0.0218. The van der Waals surface area contributed by atoms with E-state index in [1.807, 2.05) is 44.3 Å². The molecule has 0 fully saturated rings. The Kier molecular flexibility index (Phi) is 4.22. The van der Waals surface area contributed by atoms with Crippen molar-refractivity contribution in [3.8, 4) is 5.69 Å². The van der Waals surface area contributed by atoms with Crippen LogP contribution in [-0.4, -0.2) is 20.8 Å². The van der Waals surface area contributed by atoms with Crippen LogP contribution in [0, 0.1) is 0 Å². The van der Waals surface area contributed by atoms with Crippen LogP contribution in [0.1, 0.15) is 31.9 Å². The van der Waals surface area contributed by atoms with Crippen molar-refractivity contribution in [3.05, 3.63) is 52.7 Å². The van der Waals surface area contributed by atoms with Crippen LogP contribution in [0.2, 0.25) is 0 Å². The maximum Gasteiger partial charge on any atom is 0.332 e. The van der Waals surface area contributed by atoms with Gasteiger partial charge in [-0.1, -0.05) is 18.2 Å². The van der Waals surface area contributed by atoms with Crippen molar-refractivity contribution in [3.63, 3.8) is 0 Å². The number of aliphatic hydroxyl groups is 1. The molecule has 1 heterocycles. The molecule has 0 spiro atoms. The molecule has 0 aliphatic heterocycles. The number of para-hydroxylation sites is 1. The first-order valence-corrected chi connectivity index (χ1v) is 6.63. The van der Waals surface area contributed by atoms with E-state index in [1.165, 1.54) is 0 Å². The lowest BCUT2D eigenvalue weighted by Crippen LogP contribution is -2.24. The summed E-state index contributed by atoms with van der Waals surface area (Å²) in [7, 11) is 0. The Bertz CT molecular complexity index is 596. The molecule has 1 N–H and O–H groups in total. The van der Waals surface area contributed by atoms with Crippen LogP contribution >= 0.6 is 0 Å². The zero-order valence-corrected chi connectivity index (χ0v) is 11.4. The van der Waals surface area contributed by atoms with Gasteiger partial charge in [0.2, 0.25) is 0 Å². The van der Waals surface area contributed by atoms with Crippen molar-refractivity contribution >= 4 is 0 Å². The molecule has 0 bridgehead atoms. The third-order valence-electron chi connectivity index (χ3n) is 3.22. The minimum Gasteiger partial charge on any atom is -0.396 e. The van der Waals surface area contributed by atoms with E-state index in [0.29, 0.717) is 6.42 Å². The second-order valence-corrected chi connectivity index (χ2v) is 4.91. The second-order valence-electron chi connectivity index (χ2n) is 4.91. The summed E-state index contributed by atoms with van der Waals surface area (Å²) < 4.78 is 3.38. The molecule has 1 aromatic heterocycles. The molecule has 0 saturated heterocycles. The smallest absolute Gasteiger partial charge is 0.332 e. The average Bonchev–Trinajstić information content (AvgIpc) is 2.78. The summed E-state index contributed by atoms with van der Waals surface area (Å²) in [5, 5.41) is 8.95. The highest BCUT2D eigenvalue weighted by Crippen LogP contribution is 2.15. The van der Waals surface area contributed by atoms with Gasteiger partial charge >= 0.3 is 5.69 Å². The summed E-state index contributed by atoms with van der Waals surface area (Å²) in [5.41, 5.74) is 1.96. The number of benzene rings is 1. The Morgan fingerprint density at radius 3 is 2.58 bits per heavy atom. The molecule has 0 radical (unpaired) electrons. The maximum absolute atomic E-state index is 12.3. The van der Waals surface area contributed by atoms with Crippen molar-refractivity contribution in [1.29, 1.82) is 0 Å². The quantitative estimate of drug-likeness (QED) is 0.895. The molecule has 0 aliphatic carbocycles. The number of hydrogen-bond acceptors (Lipinski definition) is 2. The highest BCUT2D eigenvalue weighted by molar-refractivity contribution is 5.41. The van der Waals surface area contributed by atoms with E-state index in [-0.39, 0.29) is 18.3 Å². The van der Waals surface area contributed by atoms with E-state index in [4.69, 9.17) is 5.11 Å². The molecule has 4 nitrogen and oxygen atoms in total. The lowest BCUT2D eigenvalue weighted by Gasteiger charge is -2.09. The first-order chi connectivity index (χ1) is 9.15. The standard InChI is InChI=1S/C15H20N2O2/c1-12(2)16-9-10-17(15(16)19)14-8-4-3-6-13(14)7-5-11-18/h3-4,6,8-10,12,18H,5,7,11H2,1-2H3. The van der Waals surface area contributed by atoms with Crippen molar-refractivity contribution in [2.75, 3.05) is 6.61 Å². The number of hydrogen-bond donors (Lipinski definition) is 1. The third kappa shape index (κ3) is 2.79. The monoisotopic (exact) mass is 260 g/mol. The lowest BCUT2D eigenvalue weighted by atomic mass is 10.1. The molecule has 0 atom stereocenters. The van der Waals surface area contributed by atoms with Crippen molar-refractivity contribution in [2.45, 2.75) is 32.7 Å².